The summed E-state index contributed by atoms with van der Waals surface area (Å²) in [7, 11) is 2.63. The van der Waals surface area contributed by atoms with Gasteiger partial charge in [0.15, 0.2) is 0 Å². The van der Waals surface area contributed by atoms with Gasteiger partial charge in [0.1, 0.15) is 0 Å². The fraction of sp³-hybridized carbons (Fsp3) is 0.875. The zero-order valence-corrected chi connectivity index (χ0v) is 8.89. The van der Waals surface area contributed by atoms with E-state index in [1.54, 1.807) is 0 Å². The standard InChI is InChI=1S/C8H15N2O2P/c1-8-5-9(13)2-3-10(8)7(12)4-6(8)11/h6,11H,2-5,13H2,1H3. The first kappa shape index (κ1) is 9.38. The Morgan fingerprint density at radius 3 is 3.00 bits per heavy atom. The molecule has 2 rings (SSSR count). The molecule has 0 spiro atoms. The van der Waals surface area contributed by atoms with Crippen LogP contribution in [-0.4, -0.2) is 51.9 Å². The number of fused-ring (bicyclic) bond motifs is 1. The van der Waals surface area contributed by atoms with E-state index < -0.39 is 6.10 Å². The van der Waals surface area contributed by atoms with E-state index in [-0.39, 0.29) is 17.9 Å². The molecule has 2 aliphatic heterocycles. The lowest BCUT2D eigenvalue weighted by Crippen LogP contribution is -2.60. The molecule has 5 heteroatoms. The van der Waals surface area contributed by atoms with E-state index in [0.29, 0.717) is 0 Å². The van der Waals surface area contributed by atoms with Crippen molar-refractivity contribution in [2.45, 2.75) is 25.0 Å². The van der Waals surface area contributed by atoms with Gasteiger partial charge in [-0.15, -0.1) is 0 Å². The summed E-state index contributed by atoms with van der Waals surface area (Å²) in [5.74, 6) is 0.0908. The third kappa shape index (κ3) is 1.28. The molecule has 0 aromatic heterocycles. The van der Waals surface area contributed by atoms with Gasteiger partial charge in [-0.2, -0.15) is 0 Å². The van der Waals surface area contributed by atoms with Crippen molar-refractivity contribution in [3.8, 4) is 0 Å². The van der Waals surface area contributed by atoms with Crippen molar-refractivity contribution < 1.29 is 9.90 Å². The molecular formula is C8H15N2O2P. The predicted molar refractivity (Wildman–Crippen MR) is 52.0 cm³/mol. The molecule has 2 aliphatic rings. The zero-order chi connectivity index (χ0) is 9.64. The third-order valence-electron chi connectivity index (χ3n) is 3.14. The maximum Gasteiger partial charge on any atom is 0.225 e. The van der Waals surface area contributed by atoms with Crippen LogP contribution in [-0.2, 0) is 4.79 Å². The molecule has 74 valence electrons. The molecule has 3 unspecified atom stereocenters. The van der Waals surface area contributed by atoms with Gasteiger partial charge in [-0.05, 0) is 6.92 Å². The Bertz CT molecular complexity index is 248. The van der Waals surface area contributed by atoms with Crippen molar-refractivity contribution in [1.29, 1.82) is 0 Å². The van der Waals surface area contributed by atoms with Crippen LogP contribution >= 0.6 is 9.39 Å². The Balaban J connectivity index is 2.26. The lowest BCUT2D eigenvalue weighted by Gasteiger charge is -2.44. The van der Waals surface area contributed by atoms with Gasteiger partial charge >= 0.3 is 0 Å². The van der Waals surface area contributed by atoms with Gasteiger partial charge in [0.05, 0.1) is 18.1 Å². The molecule has 13 heavy (non-hydrogen) atoms. The van der Waals surface area contributed by atoms with Crippen LogP contribution in [0, 0.1) is 0 Å². The van der Waals surface area contributed by atoms with Crippen LogP contribution in [0.25, 0.3) is 0 Å². The van der Waals surface area contributed by atoms with Crippen molar-refractivity contribution in [2.75, 3.05) is 19.6 Å². The van der Waals surface area contributed by atoms with Gasteiger partial charge in [-0.1, -0.05) is 9.39 Å². The Kier molecular flexibility index (Phi) is 2.10. The summed E-state index contributed by atoms with van der Waals surface area (Å²) in [6.07, 6.45) is -0.224. The molecule has 0 aromatic rings. The topological polar surface area (TPSA) is 43.8 Å². The first-order chi connectivity index (χ1) is 6.04. The number of aliphatic hydroxyl groups excluding tert-OH is 1. The number of hydrogen-bond acceptors (Lipinski definition) is 3. The van der Waals surface area contributed by atoms with Crippen LogP contribution in [0.1, 0.15) is 13.3 Å². The first-order valence-electron chi connectivity index (χ1n) is 4.52. The summed E-state index contributed by atoms with van der Waals surface area (Å²) >= 11 is 0. The third-order valence-corrected chi connectivity index (χ3v) is 3.58. The maximum absolute atomic E-state index is 11.5. The molecule has 0 aliphatic carbocycles. The summed E-state index contributed by atoms with van der Waals surface area (Å²) in [5.41, 5.74) is -0.364. The van der Waals surface area contributed by atoms with Crippen LogP contribution < -0.4 is 0 Å². The van der Waals surface area contributed by atoms with Crippen LogP contribution in [0.4, 0.5) is 0 Å². The van der Waals surface area contributed by atoms with Gasteiger partial charge in [0.25, 0.3) is 0 Å². The van der Waals surface area contributed by atoms with Crippen molar-refractivity contribution in [2.24, 2.45) is 0 Å². The molecule has 0 bridgehead atoms. The van der Waals surface area contributed by atoms with Crippen LogP contribution in [0.3, 0.4) is 0 Å². The number of carbonyl (C=O) groups excluding carboxylic acids is 1. The highest BCUT2D eigenvalue weighted by Gasteiger charge is 2.50. The summed E-state index contributed by atoms with van der Waals surface area (Å²) in [5, 5.41) is 9.77. The van der Waals surface area contributed by atoms with Crippen molar-refractivity contribution in [3.63, 3.8) is 0 Å². The lowest BCUT2D eigenvalue weighted by molar-refractivity contribution is -0.133. The molecule has 4 nitrogen and oxygen atoms in total. The minimum absolute atomic E-state index is 0.0908. The monoisotopic (exact) mass is 202 g/mol. The fourth-order valence-electron chi connectivity index (χ4n) is 2.25. The molecule has 0 saturated carbocycles. The van der Waals surface area contributed by atoms with Gasteiger partial charge in [-0.3, -0.25) is 9.46 Å². The van der Waals surface area contributed by atoms with E-state index in [1.807, 2.05) is 11.8 Å². The smallest absolute Gasteiger partial charge is 0.225 e. The second-order valence-corrected chi connectivity index (χ2v) is 4.82. The number of aliphatic hydroxyl groups is 1. The number of carbonyl (C=O) groups is 1. The molecule has 0 radical (unpaired) electrons. The lowest BCUT2D eigenvalue weighted by atomic mass is 9.94. The van der Waals surface area contributed by atoms with E-state index in [0.717, 1.165) is 19.6 Å². The Morgan fingerprint density at radius 1 is 1.62 bits per heavy atom. The van der Waals surface area contributed by atoms with Crippen molar-refractivity contribution >= 4 is 15.3 Å². The molecule has 0 aromatic carbocycles. The highest BCUT2D eigenvalue weighted by molar-refractivity contribution is 7.13. The van der Waals surface area contributed by atoms with E-state index in [2.05, 4.69) is 14.1 Å². The number of nitrogens with zero attached hydrogens (tertiary/aromatic N) is 2. The molecule has 2 saturated heterocycles. The molecule has 1 N–H and O–H groups in total. The molecule has 2 heterocycles. The van der Waals surface area contributed by atoms with Crippen LogP contribution in [0.2, 0.25) is 0 Å². The van der Waals surface area contributed by atoms with Gasteiger partial charge in [-0.25, -0.2) is 0 Å². The predicted octanol–water partition coefficient (Wildman–Crippen LogP) is -0.556. The second kappa shape index (κ2) is 2.91. The van der Waals surface area contributed by atoms with E-state index >= 15 is 0 Å². The molecule has 2 fully saturated rings. The Labute approximate surface area is 80.1 Å². The van der Waals surface area contributed by atoms with E-state index in [4.69, 9.17) is 0 Å². The SMILES string of the molecule is CC12CN(P)CCN1C(=O)CC2O. The molecule has 3 atom stereocenters. The minimum atomic E-state index is -0.511. The van der Waals surface area contributed by atoms with Crippen LogP contribution in [0.15, 0.2) is 0 Å². The summed E-state index contributed by atoms with van der Waals surface area (Å²) in [6, 6.07) is 0. The van der Waals surface area contributed by atoms with E-state index in [1.165, 1.54) is 0 Å². The summed E-state index contributed by atoms with van der Waals surface area (Å²) in [6.45, 7) is 4.30. The number of piperazine rings is 1. The van der Waals surface area contributed by atoms with E-state index in [9.17, 15) is 9.90 Å². The average molecular weight is 202 g/mol. The molecular weight excluding hydrogens is 187 g/mol. The zero-order valence-electron chi connectivity index (χ0n) is 7.73. The average Bonchev–Trinajstić information content (AvgIpc) is 2.23. The van der Waals surface area contributed by atoms with Gasteiger partial charge in [0, 0.05) is 19.6 Å². The number of amides is 1. The van der Waals surface area contributed by atoms with Gasteiger partial charge < -0.3 is 10.0 Å². The quantitative estimate of drug-likeness (QED) is 0.536. The summed E-state index contributed by atoms with van der Waals surface area (Å²) < 4.78 is 2.08. The largest absolute Gasteiger partial charge is 0.390 e. The normalized spacial score (nSPS) is 41.0. The fourth-order valence-corrected chi connectivity index (χ4v) is 2.73. The summed E-state index contributed by atoms with van der Waals surface area (Å²) in [4.78, 5) is 13.3. The van der Waals surface area contributed by atoms with Gasteiger partial charge in [0.2, 0.25) is 5.91 Å². The Morgan fingerprint density at radius 2 is 2.31 bits per heavy atom. The first-order valence-corrected chi connectivity index (χ1v) is 5.04. The van der Waals surface area contributed by atoms with Crippen molar-refractivity contribution in [3.05, 3.63) is 0 Å². The minimum Gasteiger partial charge on any atom is -0.390 e. The molecule has 1 amide bonds. The highest BCUT2D eigenvalue weighted by Crippen LogP contribution is 2.34. The second-order valence-electron chi connectivity index (χ2n) is 4.09. The highest BCUT2D eigenvalue weighted by atomic mass is 31.0. The maximum atomic E-state index is 11.5. The van der Waals surface area contributed by atoms with Crippen LogP contribution in [0.5, 0.6) is 0 Å². The number of hydrogen-bond donors (Lipinski definition) is 1. The number of rotatable bonds is 0. The van der Waals surface area contributed by atoms with Crippen molar-refractivity contribution in [1.82, 2.24) is 9.57 Å². The Hall–Kier alpha value is -0.180.